The van der Waals surface area contributed by atoms with Crippen LogP contribution in [0, 0.1) is 11.8 Å². The molecule has 3 atom stereocenters. The topological polar surface area (TPSA) is 64.1 Å². The lowest BCUT2D eigenvalue weighted by molar-refractivity contribution is -0.137. The van der Waals surface area contributed by atoms with E-state index in [0.29, 0.717) is 28.3 Å². The van der Waals surface area contributed by atoms with Gasteiger partial charge < -0.3 is 10.1 Å². The first-order chi connectivity index (χ1) is 17.2. The van der Waals surface area contributed by atoms with Crippen LogP contribution >= 0.6 is 11.6 Å². The zero-order valence-corrected chi connectivity index (χ0v) is 19.9. The van der Waals surface area contributed by atoms with Gasteiger partial charge in [-0.05, 0) is 73.4 Å². The van der Waals surface area contributed by atoms with E-state index in [1.54, 1.807) is 18.2 Å². The number of carbonyl (C=O) groups is 1. The lowest BCUT2D eigenvalue weighted by Crippen LogP contribution is -2.47. The predicted molar refractivity (Wildman–Crippen MR) is 130 cm³/mol. The summed E-state index contributed by atoms with van der Waals surface area (Å²) in [6.07, 6.45) is 3.90. The molecule has 1 N–H and O–H groups in total. The number of aromatic nitrogens is 2. The number of hydrogen-bond donors (Lipinski definition) is 1. The monoisotopic (exact) mass is 513 g/mol. The predicted octanol–water partition coefficient (Wildman–Crippen LogP) is 6.94. The van der Waals surface area contributed by atoms with Crippen LogP contribution in [-0.2, 0) is 6.18 Å². The van der Waals surface area contributed by atoms with Crippen LogP contribution in [0.1, 0.15) is 47.2 Å². The number of amides is 1. The number of nitrogens with one attached hydrogen (secondary N) is 1. The number of allylic oxidation sites excluding steroid dienone is 1. The zero-order valence-electron chi connectivity index (χ0n) is 19.1. The molecule has 3 saturated carbocycles. The second kappa shape index (κ2) is 9.93. The van der Waals surface area contributed by atoms with Gasteiger partial charge >= 0.3 is 6.18 Å². The molecule has 36 heavy (non-hydrogen) atoms. The number of fused-ring (bicyclic) bond motifs is 3. The second-order valence-electron chi connectivity index (χ2n) is 9.20. The van der Waals surface area contributed by atoms with Crippen molar-refractivity contribution in [2.75, 3.05) is 0 Å². The molecule has 3 fully saturated rings. The van der Waals surface area contributed by atoms with Crippen LogP contribution < -0.4 is 10.1 Å². The normalized spacial score (nSPS) is 22.4. The molecule has 0 aliphatic heterocycles. The fourth-order valence-electron chi connectivity index (χ4n) is 5.01. The van der Waals surface area contributed by atoms with Crippen molar-refractivity contribution in [2.24, 2.45) is 11.8 Å². The Morgan fingerprint density at radius 2 is 1.94 bits per heavy atom. The van der Waals surface area contributed by atoms with Crippen LogP contribution in [0.4, 0.5) is 13.2 Å². The molecule has 1 aromatic carbocycles. The highest BCUT2D eigenvalue weighted by Crippen LogP contribution is 2.45. The summed E-state index contributed by atoms with van der Waals surface area (Å²) < 4.78 is 43.9. The summed E-state index contributed by atoms with van der Waals surface area (Å²) in [6.45, 7) is 0. The fourth-order valence-corrected chi connectivity index (χ4v) is 5.12. The Bertz CT molecular complexity index is 1280. The number of halogens is 4. The molecule has 9 heteroatoms. The average molecular weight is 514 g/mol. The molecule has 2 bridgehead atoms. The maximum absolute atomic E-state index is 12.7. The summed E-state index contributed by atoms with van der Waals surface area (Å²) in [5.74, 6) is 1.20. The summed E-state index contributed by atoms with van der Waals surface area (Å²) in [7, 11) is 0. The lowest BCUT2D eigenvalue weighted by atomic mass is 9.65. The number of pyridine rings is 2. The standard InChI is InChI=1S/C27H23ClF3N3O2/c28-24-8-6-19(14-32-24)26(35)34-23-13-17-4-5-18(23)12-20(17)10-16-2-1-3-22(11-16)36-25-9-7-21(15-33-25)27(29,30)31/h1-3,6-11,14-15,17-18,23H,4-5,12-13H2,(H,34,35). The van der Waals surface area contributed by atoms with Gasteiger partial charge in [0.1, 0.15) is 10.9 Å². The van der Waals surface area contributed by atoms with Gasteiger partial charge in [0.15, 0.2) is 0 Å². The van der Waals surface area contributed by atoms with Crippen molar-refractivity contribution in [3.63, 3.8) is 0 Å². The minimum absolute atomic E-state index is 0.0963. The molecule has 0 spiro atoms. The van der Waals surface area contributed by atoms with Gasteiger partial charge in [0, 0.05) is 24.5 Å². The summed E-state index contributed by atoms with van der Waals surface area (Å²) in [5, 5.41) is 3.52. The molecule has 0 radical (unpaired) electrons. The first-order valence-electron chi connectivity index (χ1n) is 11.7. The highest BCUT2D eigenvalue weighted by Gasteiger charge is 2.39. The lowest BCUT2D eigenvalue weighted by Gasteiger charge is -2.44. The summed E-state index contributed by atoms with van der Waals surface area (Å²) >= 11 is 5.82. The Morgan fingerprint density at radius 3 is 2.61 bits per heavy atom. The van der Waals surface area contributed by atoms with E-state index in [2.05, 4.69) is 21.4 Å². The van der Waals surface area contributed by atoms with Crippen LogP contribution in [0.2, 0.25) is 5.15 Å². The summed E-state index contributed by atoms with van der Waals surface area (Å²) in [5.41, 5.74) is 1.97. The number of carbonyl (C=O) groups excluding carboxylic acids is 1. The Labute approximate surface area is 211 Å². The minimum atomic E-state index is -4.44. The number of nitrogens with zero attached hydrogens (tertiary/aromatic N) is 2. The van der Waals surface area contributed by atoms with Crippen LogP contribution in [0.3, 0.4) is 0 Å². The molecule has 6 rings (SSSR count). The van der Waals surface area contributed by atoms with Gasteiger partial charge in [-0.1, -0.05) is 35.4 Å². The van der Waals surface area contributed by atoms with Crippen LogP contribution in [0.25, 0.3) is 6.08 Å². The van der Waals surface area contributed by atoms with E-state index in [1.807, 2.05) is 18.2 Å². The van der Waals surface area contributed by atoms with E-state index in [-0.39, 0.29) is 17.8 Å². The van der Waals surface area contributed by atoms with Gasteiger partial charge in [-0.25, -0.2) is 9.97 Å². The number of alkyl halides is 3. The smallest absolute Gasteiger partial charge is 0.417 e. The molecule has 0 saturated heterocycles. The molecule has 3 aromatic rings. The Kier molecular flexibility index (Phi) is 6.71. The van der Waals surface area contributed by atoms with Crippen molar-refractivity contribution in [1.82, 2.24) is 15.3 Å². The van der Waals surface area contributed by atoms with Crippen molar-refractivity contribution < 1.29 is 22.7 Å². The zero-order chi connectivity index (χ0) is 25.3. The first-order valence-corrected chi connectivity index (χ1v) is 12.1. The van der Waals surface area contributed by atoms with Crippen LogP contribution in [0.5, 0.6) is 11.6 Å². The SMILES string of the molecule is O=C(NC1CC2CCC1CC2=Cc1cccc(Oc2ccc(C(F)(F)F)cn2)c1)c1ccc(Cl)nc1. The molecular weight excluding hydrogens is 491 g/mol. The van der Waals surface area contributed by atoms with Crippen LogP contribution in [0.15, 0.2) is 66.5 Å². The van der Waals surface area contributed by atoms with E-state index in [9.17, 15) is 18.0 Å². The molecule has 3 unspecified atom stereocenters. The Morgan fingerprint density at radius 1 is 1.08 bits per heavy atom. The van der Waals surface area contributed by atoms with Gasteiger partial charge in [0.2, 0.25) is 5.88 Å². The molecule has 3 aliphatic rings. The van der Waals surface area contributed by atoms with Gasteiger partial charge in [-0.2, -0.15) is 13.2 Å². The van der Waals surface area contributed by atoms with E-state index in [1.165, 1.54) is 17.8 Å². The third-order valence-corrected chi connectivity index (χ3v) is 7.04. The maximum atomic E-state index is 12.7. The molecular formula is C27H23ClF3N3O2. The highest BCUT2D eigenvalue weighted by atomic mass is 35.5. The Balaban J connectivity index is 1.24. The third-order valence-electron chi connectivity index (χ3n) is 6.82. The van der Waals surface area contributed by atoms with Crippen molar-refractivity contribution in [2.45, 2.75) is 37.9 Å². The van der Waals surface area contributed by atoms with E-state index in [0.717, 1.165) is 43.5 Å². The van der Waals surface area contributed by atoms with Crippen molar-refractivity contribution in [1.29, 1.82) is 0 Å². The minimum Gasteiger partial charge on any atom is -0.439 e. The van der Waals surface area contributed by atoms with E-state index in [4.69, 9.17) is 16.3 Å². The van der Waals surface area contributed by atoms with Gasteiger partial charge in [-0.15, -0.1) is 0 Å². The number of benzene rings is 1. The molecule has 5 nitrogen and oxygen atoms in total. The van der Waals surface area contributed by atoms with Gasteiger partial charge in [-0.3, -0.25) is 4.79 Å². The number of hydrogen-bond acceptors (Lipinski definition) is 4. The summed E-state index contributed by atoms with van der Waals surface area (Å²) in [6, 6.07) is 13.0. The van der Waals surface area contributed by atoms with Crippen molar-refractivity contribution in [3.8, 4) is 11.6 Å². The maximum Gasteiger partial charge on any atom is 0.417 e. The van der Waals surface area contributed by atoms with Crippen molar-refractivity contribution >= 4 is 23.6 Å². The van der Waals surface area contributed by atoms with Gasteiger partial charge in [0.25, 0.3) is 5.91 Å². The van der Waals surface area contributed by atoms with Gasteiger partial charge in [0.05, 0.1) is 11.1 Å². The third kappa shape index (κ3) is 5.54. The first kappa shape index (κ1) is 24.3. The second-order valence-corrected chi connectivity index (χ2v) is 9.59. The molecule has 3 aliphatic carbocycles. The summed E-state index contributed by atoms with van der Waals surface area (Å²) in [4.78, 5) is 20.4. The molecule has 1 amide bonds. The molecule has 186 valence electrons. The fraction of sp³-hybridized carbons (Fsp3) is 0.296. The van der Waals surface area contributed by atoms with Crippen molar-refractivity contribution in [3.05, 3.63) is 88.3 Å². The number of ether oxygens (including phenoxy) is 1. The average Bonchev–Trinajstić information content (AvgIpc) is 2.85. The van der Waals surface area contributed by atoms with Crippen LogP contribution in [-0.4, -0.2) is 21.9 Å². The van der Waals surface area contributed by atoms with E-state index < -0.39 is 11.7 Å². The largest absolute Gasteiger partial charge is 0.439 e. The molecule has 2 aromatic heterocycles. The van der Waals surface area contributed by atoms with E-state index >= 15 is 0 Å². The molecule has 2 heterocycles. The highest BCUT2D eigenvalue weighted by molar-refractivity contribution is 6.29. The Hall–Kier alpha value is -3.39. The number of rotatable bonds is 5. The quantitative estimate of drug-likeness (QED) is 0.375.